The number of carbonyl (C=O) groups excluding carboxylic acids is 1. The van der Waals surface area contributed by atoms with E-state index in [1.807, 2.05) is 0 Å². The van der Waals surface area contributed by atoms with E-state index in [2.05, 4.69) is 12.2 Å². The van der Waals surface area contributed by atoms with E-state index in [1.165, 1.54) is 0 Å². The van der Waals surface area contributed by atoms with Gasteiger partial charge in [0.25, 0.3) is 0 Å². The van der Waals surface area contributed by atoms with Crippen LogP contribution in [-0.2, 0) is 4.79 Å². The summed E-state index contributed by atoms with van der Waals surface area (Å²) in [6.07, 6.45) is 1.79. The van der Waals surface area contributed by atoms with Gasteiger partial charge in [0.15, 0.2) is 0 Å². The van der Waals surface area contributed by atoms with Crippen molar-refractivity contribution in [2.45, 2.75) is 25.8 Å². The first-order valence-corrected chi connectivity index (χ1v) is 7.46. The van der Waals surface area contributed by atoms with Gasteiger partial charge in [-0.25, -0.2) is 0 Å². The Morgan fingerprint density at radius 3 is 2.67 bits per heavy atom. The van der Waals surface area contributed by atoms with Crippen molar-refractivity contribution in [3.8, 4) is 11.5 Å². The topological polar surface area (TPSA) is 50.8 Å². The average Bonchev–Trinajstić information content (AvgIpc) is 2.85. The maximum Gasteiger partial charge on any atom is 0.244 e. The van der Waals surface area contributed by atoms with E-state index in [0.717, 1.165) is 19.4 Å². The molecular weight excluding hydrogens is 292 g/mol. The van der Waals surface area contributed by atoms with E-state index in [4.69, 9.17) is 21.1 Å². The highest BCUT2D eigenvalue weighted by Crippen LogP contribution is 2.39. The highest BCUT2D eigenvalue weighted by atomic mass is 35.5. The third-order valence-electron chi connectivity index (χ3n) is 3.59. The molecule has 21 heavy (non-hydrogen) atoms. The summed E-state index contributed by atoms with van der Waals surface area (Å²) >= 11 is 6.10. The standard InChI is InChI=1S/C15H21ClN2O3/c1-4-6-17-11-5-7-18(15(11)19)12-9-13(20-2)10(16)8-14(12)21-3/h8-9,11,17H,4-7H2,1-3H3. The Morgan fingerprint density at radius 1 is 1.33 bits per heavy atom. The van der Waals surface area contributed by atoms with Crippen LogP contribution in [0.25, 0.3) is 0 Å². The smallest absolute Gasteiger partial charge is 0.244 e. The number of hydrogen-bond donors (Lipinski definition) is 1. The first kappa shape index (κ1) is 15.9. The highest BCUT2D eigenvalue weighted by Gasteiger charge is 2.33. The summed E-state index contributed by atoms with van der Waals surface area (Å²) in [6, 6.07) is 3.30. The molecule has 1 N–H and O–H groups in total. The van der Waals surface area contributed by atoms with Gasteiger partial charge in [0, 0.05) is 18.7 Å². The van der Waals surface area contributed by atoms with Crippen molar-refractivity contribution in [1.82, 2.24) is 5.32 Å². The minimum atomic E-state index is -0.128. The zero-order chi connectivity index (χ0) is 15.4. The van der Waals surface area contributed by atoms with E-state index in [0.29, 0.717) is 28.8 Å². The summed E-state index contributed by atoms with van der Waals surface area (Å²) in [6.45, 7) is 3.57. The molecule has 0 spiro atoms. The van der Waals surface area contributed by atoms with E-state index in [9.17, 15) is 4.79 Å². The fourth-order valence-corrected chi connectivity index (χ4v) is 2.71. The van der Waals surface area contributed by atoms with Crippen LogP contribution in [0.2, 0.25) is 5.02 Å². The molecule has 1 aromatic carbocycles. The molecule has 1 unspecified atom stereocenters. The molecule has 0 bridgehead atoms. The number of amides is 1. The van der Waals surface area contributed by atoms with Crippen LogP contribution in [0.15, 0.2) is 12.1 Å². The van der Waals surface area contributed by atoms with Gasteiger partial charge in [0.2, 0.25) is 5.91 Å². The Kier molecular flexibility index (Phi) is 5.31. The highest BCUT2D eigenvalue weighted by molar-refractivity contribution is 6.32. The molecule has 1 fully saturated rings. The molecule has 0 aliphatic carbocycles. The summed E-state index contributed by atoms with van der Waals surface area (Å²) in [4.78, 5) is 14.2. The van der Waals surface area contributed by atoms with Gasteiger partial charge in [-0.1, -0.05) is 18.5 Å². The van der Waals surface area contributed by atoms with Crippen LogP contribution < -0.4 is 19.7 Å². The monoisotopic (exact) mass is 312 g/mol. The summed E-state index contributed by atoms with van der Waals surface area (Å²) in [5.74, 6) is 1.17. The lowest BCUT2D eigenvalue weighted by molar-refractivity contribution is -0.118. The molecule has 0 saturated carbocycles. The number of benzene rings is 1. The normalized spacial score (nSPS) is 18.2. The fraction of sp³-hybridized carbons (Fsp3) is 0.533. The maximum atomic E-state index is 12.5. The molecule has 6 heteroatoms. The van der Waals surface area contributed by atoms with Crippen LogP contribution in [0.3, 0.4) is 0 Å². The molecule has 1 amide bonds. The molecule has 0 radical (unpaired) electrons. The maximum absolute atomic E-state index is 12.5. The zero-order valence-electron chi connectivity index (χ0n) is 12.6. The molecule has 116 valence electrons. The minimum absolute atomic E-state index is 0.0612. The van der Waals surface area contributed by atoms with Crippen LogP contribution in [0.5, 0.6) is 11.5 Å². The molecule has 2 rings (SSSR count). The summed E-state index contributed by atoms with van der Waals surface area (Å²) < 4.78 is 10.6. The van der Waals surface area contributed by atoms with Crippen molar-refractivity contribution >= 4 is 23.2 Å². The minimum Gasteiger partial charge on any atom is -0.495 e. The number of halogens is 1. The van der Waals surface area contributed by atoms with Crippen LogP contribution in [0.4, 0.5) is 5.69 Å². The molecule has 1 aliphatic rings. The molecule has 1 aliphatic heterocycles. The molecule has 1 heterocycles. The fourth-order valence-electron chi connectivity index (χ4n) is 2.48. The number of ether oxygens (including phenoxy) is 2. The number of hydrogen-bond acceptors (Lipinski definition) is 4. The summed E-state index contributed by atoms with van der Waals surface area (Å²) in [5, 5.41) is 3.73. The number of nitrogens with one attached hydrogen (secondary N) is 1. The van der Waals surface area contributed by atoms with Gasteiger partial charge in [-0.05, 0) is 19.4 Å². The Morgan fingerprint density at radius 2 is 2.05 bits per heavy atom. The van der Waals surface area contributed by atoms with Crippen LogP contribution >= 0.6 is 11.6 Å². The van der Waals surface area contributed by atoms with E-state index in [-0.39, 0.29) is 11.9 Å². The molecule has 1 aromatic rings. The molecule has 1 saturated heterocycles. The molecule has 0 aromatic heterocycles. The molecule has 5 nitrogen and oxygen atoms in total. The number of anilines is 1. The van der Waals surface area contributed by atoms with Crippen LogP contribution in [0, 0.1) is 0 Å². The first-order chi connectivity index (χ1) is 10.1. The van der Waals surface area contributed by atoms with Gasteiger partial charge < -0.3 is 19.7 Å². The SMILES string of the molecule is CCCNC1CCN(c2cc(OC)c(Cl)cc2OC)C1=O. The van der Waals surface area contributed by atoms with Gasteiger partial charge in [0.1, 0.15) is 11.5 Å². The number of carbonyl (C=O) groups is 1. The second-order valence-corrected chi connectivity index (χ2v) is 5.35. The second kappa shape index (κ2) is 7.00. The van der Waals surface area contributed by atoms with Gasteiger partial charge in [-0.3, -0.25) is 4.79 Å². The number of rotatable bonds is 6. The van der Waals surface area contributed by atoms with Gasteiger partial charge in [-0.15, -0.1) is 0 Å². The van der Waals surface area contributed by atoms with Crippen molar-refractivity contribution in [2.75, 3.05) is 32.2 Å². The Labute approximate surface area is 130 Å². The van der Waals surface area contributed by atoms with Crippen molar-refractivity contribution in [1.29, 1.82) is 0 Å². The number of methoxy groups -OCH3 is 2. The lowest BCUT2D eigenvalue weighted by atomic mass is 10.2. The zero-order valence-corrected chi connectivity index (χ0v) is 13.4. The van der Waals surface area contributed by atoms with Crippen molar-refractivity contribution in [3.63, 3.8) is 0 Å². The molecule has 1 atom stereocenters. The molecular formula is C15H21ClN2O3. The van der Waals surface area contributed by atoms with E-state index in [1.54, 1.807) is 31.3 Å². The largest absolute Gasteiger partial charge is 0.495 e. The Balaban J connectivity index is 2.27. The van der Waals surface area contributed by atoms with Gasteiger partial charge in [0.05, 0.1) is 31.0 Å². The quantitative estimate of drug-likeness (QED) is 0.876. The van der Waals surface area contributed by atoms with Crippen LogP contribution in [0.1, 0.15) is 19.8 Å². The summed E-state index contributed by atoms with van der Waals surface area (Å²) in [5.41, 5.74) is 0.699. The third-order valence-corrected chi connectivity index (χ3v) is 3.89. The van der Waals surface area contributed by atoms with E-state index >= 15 is 0 Å². The Hall–Kier alpha value is -1.46. The lowest BCUT2D eigenvalue weighted by Crippen LogP contribution is -2.38. The van der Waals surface area contributed by atoms with Gasteiger partial charge in [-0.2, -0.15) is 0 Å². The van der Waals surface area contributed by atoms with Gasteiger partial charge >= 0.3 is 0 Å². The van der Waals surface area contributed by atoms with E-state index < -0.39 is 0 Å². The lowest BCUT2D eigenvalue weighted by Gasteiger charge is -2.21. The summed E-state index contributed by atoms with van der Waals surface area (Å²) in [7, 11) is 3.11. The predicted molar refractivity (Wildman–Crippen MR) is 83.6 cm³/mol. The predicted octanol–water partition coefficient (Wildman–Crippen LogP) is 2.46. The van der Waals surface area contributed by atoms with Crippen molar-refractivity contribution in [2.24, 2.45) is 0 Å². The average molecular weight is 313 g/mol. The second-order valence-electron chi connectivity index (χ2n) is 4.94. The number of nitrogens with zero attached hydrogens (tertiary/aromatic N) is 1. The third kappa shape index (κ3) is 3.24. The van der Waals surface area contributed by atoms with Crippen molar-refractivity contribution in [3.05, 3.63) is 17.2 Å². The van der Waals surface area contributed by atoms with Crippen LogP contribution in [-0.4, -0.2) is 39.3 Å². The Bertz CT molecular complexity index is 522. The van der Waals surface area contributed by atoms with Crippen molar-refractivity contribution < 1.29 is 14.3 Å². The first-order valence-electron chi connectivity index (χ1n) is 7.08.